The molecule has 0 aliphatic carbocycles. The number of hydrogen-bond acceptors (Lipinski definition) is 1. The molecule has 0 fully saturated rings. The molecule has 1 atom stereocenters. The molecule has 0 amide bonds. The fraction of sp³-hybridized carbons (Fsp3) is 0.0769. The molecule has 2 aromatic carbocycles. The molecule has 0 heterocycles. The monoisotopic (exact) mass is 253 g/mol. The zero-order chi connectivity index (χ0) is 12.4. The van der Waals surface area contributed by atoms with Crippen LogP contribution in [0.15, 0.2) is 42.5 Å². The molecule has 0 spiro atoms. The van der Waals surface area contributed by atoms with Gasteiger partial charge in [0.05, 0.1) is 6.04 Å². The summed E-state index contributed by atoms with van der Waals surface area (Å²) < 4.78 is 26.2. The molecule has 0 radical (unpaired) electrons. The van der Waals surface area contributed by atoms with Crippen LogP contribution in [0.1, 0.15) is 17.2 Å². The summed E-state index contributed by atoms with van der Waals surface area (Å²) in [6, 6.07) is 9.17. The van der Waals surface area contributed by atoms with E-state index in [2.05, 4.69) is 0 Å². The van der Waals surface area contributed by atoms with Gasteiger partial charge in [-0.1, -0.05) is 23.7 Å². The Hall–Kier alpha value is -1.45. The molecule has 2 rings (SSSR count). The van der Waals surface area contributed by atoms with Gasteiger partial charge in [-0.3, -0.25) is 0 Å². The normalized spacial score (nSPS) is 12.5. The summed E-state index contributed by atoms with van der Waals surface area (Å²) in [6.07, 6.45) is 0. The van der Waals surface area contributed by atoms with Crippen LogP contribution in [-0.2, 0) is 0 Å². The van der Waals surface area contributed by atoms with E-state index in [4.69, 9.17) is 17.3 Å². The lowest BCUT2D eigenvalue weighted by Gasteiger charge is -2.14. The van der Waals surface area contributed by atoms with Crippen LogP contribution in [0.4, 0.5) is 8.78 Å². The SMILES string of the molecule is NC(c1cccc(F)c1)c1cc(F)ccc1Cl. The zero-order valence-electron chi connectivity index (χ0n) is 8.83. The third kappa shape index (κ3) is 2.62. The Bertz CT molecular complexity index is 543. The Balaban J connectivity index is 2.43. The van der Waals surface area contributed by atoms with E-state index in [0.29, 0.717) is 16.1 Å². The van der Waals surface area contributed by atoms with Crippen molar-refractivity contribution >= 4 is 11.6 Å². The topological polar surface area (TPSA) is 26.0 Å². The van der Waals surface area contributed by atoms with Crippen LogP contribution in [-0.4, -0.2) is 0 Å². The van der Waals surface area contributed by atoms with Crippen LogP contribution in [0.2, 0.25) is 5.02 Å². The highest BCUT2D eigenvalue weighted by Gasteiger charge is 2.13. The number of nitrogens with two attached hydrogens (primary N) is 1. The van der Waals surface area contributed by atoms with Crippen molar-refractivity contribution in [1.82, 2.24) is 0 Å². The first kappa shape index (κ1) is 12.0. The Kier molecular flexibility index (Phi) is 3.41. The zero-order valence-corrected chi connectivity index (χ0v) is 9.59. The van der Waals surface area contributed by atoms with Gasteiger partial charge in [0.1, 0.15) is 11.6 Å². The van der Waals surface area contributed by atoms with Gasteiger partial charge in [-0.15, -0.1) is 0 Å². The summed E-state index contributed by atoms with van der Waals surface area (Å²) in [5.41, 5.74) is 6.93. The van der Waals surface area contributed by atoms with Crippen molar-refractivity contribution in [2.45, 2.75) is 6.04 Å². The summed E-state index contributed by atoms with van der Waals surface area (Å²) in [5.74, 6) is -0.804. The summed E-state index contributed by atoms with van der Waals surface area (Å²) in [7, 11) is 0. The quantitative estimate of drug-likeness (QED) is 0.868. The summed E-state index contributed by atoms with van der Waals surface area (Å²) >= 11 is 5.94. The first-order valence-corrected chi connectivity index (χ1v) is 5.41. The molecule has 88 valence electrons. The Morgan fingerprint density at radius 2 is 1.71 bits per heavy atom. The number of rotatable bonds is 2. The molecular weight excluding hydrogens is 244 g/mol. The van der Waals surface area contributed by atoms with E-state index in [1.165, 1.54) is 30.3 Å². The molecule has 2 aromatic rings. The molecule has 0 aromatic heterocycles. The van der Waals surface area contributed by atoms with Gasteiger partial charge >= 0.3 is 0 Å². The molecule has 0 bridgehead atoms. The van der Waals surface area contributed by atoms with Gasteiger partial charge in [0.15, 0.2) is 0 Å². The van der Waals surface area contributed by atoms with E-state index in [-0.39, 0.29) is 5.82 Å². The van der Waals surface area contributed by atoms with Gasteiger partial charge in [0.25, 0.3) is 0 Å². The van der Waals surface area contributed by atoms with E-state index < -0.39 is 11.9 Å². The molecule has 0 aliphatic rings. The molecule has 0 aliphatic heterocycles. The predicted octanol–water partition coefficient (Wildman–Crippen LogP) is 3.67. The molecule has 0 saturated heterocycles. The number of halogens is 3. The Morgan fingerprint density at radius 1 is 1.00 bits per heavy atom. The summed E-state index contributed by atoms with van der Waals surface area (Å²) in [6.45, 7) is 0. The lowest BCUT2D eigenvalue weighted by atomic mass is 9.99. The Morgan fingerprint density at radius 3 is 2.41 bits per heavy atom. The highest BCUT2D eigenvalue weighted by atomic mass is 35.5. The highest BCUT2D eigenvalue weighted by molar-refractivity contribution is 6.31. The van der Waals surface area contributed by atoms with Crippen LogP contribution in [0.5, 0.6) is 0 Å². The lowest BCUT2D eigenvalue weighted by Crippen LogP contribution is -2.12. The minimum absolute atomic E-state index is 0.364. The first-order chi connectivity index (χ1) is 8.08. The molecule has 0 saturated carbocycles. The molecular formula is C13H10ClF2N. The predicted molar refractivity (Wildman–Crippen MR) is 63.8 cm³/mol. The minimum Gasteiger partial charge on any atom is -0.320 e. The highest BCUT2D eigenvalue weighted by Crippen LogP contribution is 2.27. The molecule has 1 unspecified atom stereocenters. The van der Waals surface area contributed by atoms with Crippen LogP contribution in [0, 0.1) is 11.6 Å². The van der Waals surface area contributed by atoms with Crippen molar-refractivity contribution in [3.05, 3.63) is 70.2 Å². The van der Waals surface area contributed by atoms with Gasteiger partial charge in [-0.2, -0.15) is 0 Å². The second kappa shape index (κ2) is 4.82. The molecule has 17 heavy (non-hydrogen) atoms. The van der Waals surface area contributed by atoms with Crippen molar-refractivity contribution < 1.29 is 8.78 Å². The second-order valence-corrected chi connectivity index (χ2v) is 4.11. The van der Waals surface area contributed by atoms with Crippen LogP contribution >= 0.6 is 11.6 Å². The average Bonchev–Trinajstić information content (AvgIpc) is 2.31. The van der Waals surface area contributed by atoms with Crippen molar-refractivity contribution in [3.8, 4) is 0 Å². The van der Waals surface area contributed by atoms with Gasteiger partial charge < -0.3 is 5.73 Å². The van der Waals surface area contributed by atoms with Gasteiger partial charge in [-0.05, 0) is 41.5 Å². The van der Waals surface area contributed by atoms with Crippen molar-refractivity contribution in [1.29, 1.82) is 0 Å². The number of benzene rings is 2. The largest absolute Gasteiger partial charge is 0.320 e. The molecule has 2 N–H and O–H groups in total. The van der Waals surface area contributed by atoms with E-state index in [1.54, 1.807) is 12.1 Å². The fourth-order valence-corrected chi connectivity index (χ4v) is 1.87. The summed E-state index contributed by atoms with van der Waals surface area (Å²) in [4.78, 5) is 0. The van der Waals surface area contributed by atoms with E-state index in [9.17, 15) is 8.78 Å². The maximum atomic E-state index is 13.1. The minimum atomic E-state index is -0.645. The molecule has 1 nitrogen and oxygen atoms in total. The van der Waals surface area contributed by atoms with Gasteiger partial charge in [0.2, 0.25) is 0 Å². The summed E-state index contributed by atoms with van der Waals surface area (Å²) in [5, 5.41) is 0.364. The maximum absolute atomic E-state index is 13.1. The van der Waals surface area contributed by atoms with Crippen LogP contribution in [0.25, 0.3) is 0 Å². The average molecular weight is 254 g/mol. The molecule has 4 heteroatoms. The smallest absolute Gasteiger partial charge is 0.123 e. The van der Waals surface area contributed by atoms with Crippen molar-refractivity contribution in [2.75, 3.05) is 0 Å². The third-order valence-electron chi connectivity index (χ3n) is 2.50. The number of hydrogen-bond donors (Lipinski definition) is 1. The third-order valence-corrected chi connectivity index (χ3v) is 2.85. The van der Waals surface area contributed by atoms with E-state index >= 15 is 0 Å². The van der Waals surface area contributed by atoms with Gasteiger partial charge in [-0.25, -0.2) is 8.78 Å². The van der Waals surface area contributed by atoms with E-state index in [0.717, 1.165) is 0 Å². The fourth-order valence-electron chi connectivity index (χ4n) is 1.63. The standard InChI is InChI=1S/C13H10ClF2N/c14-12-5-4-10(16)7-11(12)13(17)8-2-1-3-9(15)6-8/h1-7,13H,17H2. The van der Waals surface area contributed by atoms with Crippen molar-refractivity contribution in [3.63, 3.8) is 0 Å². The lowest BCUT2D eigenvalue weighted by molar-refractivity contribution is 0.619. The van der Waals surface area contributed by atoms with E-state index in [1.807, 2.05) is 0 Å². The van der Waals surface area contributed by atoms with Crippen molar-refractivity contribution in [2.24, 2.45) is 5.73 Å². The second-order valence-electron chi connectivity index (χ2n) is 3.70. The Labute approximate surface area is 103 Å². The van der Waals surface area contributed by atoms with Crippen LogP contribution in [0.3, 0.4) is 0 Å². The van der Waals surface area contributed by atoms with Gasteiger partial charge in [0, 0.05) is 5.02 Å². The maximum Gasteiger partial charge on any atom is 0.123 e. The first-order valence-electron chi connectivity index (χ1n) is 5.04. The van der Waals surface area contributed by atoms with Crippen LogP contribution < -0.4 is 5.73 Å².